The first-order chi connectivity index (χ1) is 16.5. The Hall–Kier alpha value is -2.25. The molecule has 0 radical (unpaired) electrons. The van der Waals surface area contributed by atoms with Gasteiger partial charge in [0.15, 0.2) is 0 Å². The zero-order valence-electron chi connectivity index (χ0n) is 19.5. The van der Waals surface area contributed by atoms with Crippen LogP contribution in [0.4, 0.5) is 30.7 Å². The number of hydrogen-bond donors (Lipinski definition) is 0. The molecule has 2 fully saturated rings. The van der Waals surface area contributed by atoms with Crippen LogP contribution in [0.5, 0.6) is 5.75 Å². The molecule has 2 aliphatic rings. The van der Waals surface area contributed by atoms with Crippen molar-refractivity contribution < 1.29 is 35.5 Å². The SMILES string of the molecule is CC1CCC(C2CCC(COc3cc(F)c(-c4cc(F)c(C(F)(F)F)c(F)c4)c(F)c3)CC2)CC1. The van der Waals surface area contributed by atoms with Gasteiger partial charge in [0, 0.05) is 12.1 Å². The molecule has 4 rings (SSSR count). The van der Waals surface area contributed by atoms with E-state index in [1.807, 2.05) is 0 Å². The zero-order chi connectivity index (χ0) is 25.3. The Balaban J connectivity index is 1.38. The predicted molar refractivity (Wildman–Crippen MR) is 119 cm³/mol. The van der Waals surface area contributed by atoms with Crippen molar-refractivity contribution in [3.63, 3.8) is 0 Å². The Labute approximate surface area is 200 Å². The predicted octanol–water partition coefficient (Wildman–Crippen LogP) is 8.94. The van der Waals surface area contributed by atoms with Crippen LogP contribution < -0.4 is 4.74 Å². The molecule has 0 atom stereocenters. The average Bonchev–Trinajstić information content (AvgIpc) is 2.77. The molecule has 0 heterocycles. The van der Waals surface area contributed by atoms with Crippen LogP contribution in [0.2, 0.25) is 0 Å². The van der Waals surface area contributed by atoms with E-state index in [1.165, 1.54) is 25.7 Å². The Kier molecular flexibility index (Phi) is 7.67. The molecular weight excluding hydrogens is 473 g/mol. The molecule has 0 bridgehead atoms. The highest BCUT2D eigenvalue weighted by Crippen LogP contribution is 2.42. The van der Waals surface area contributed by atoms with E-state index in [-0.39, 0.29) is 23.8 Å². The van der Waals surface area contributed by atoms with Crippen LogP contribution in [-0.2, 0) is 6.18 Å². The highest BCUT2D eigenvalue weighted by atomic mass is 19.4. The third-order valence-corrected chi connectivity index (χ3v) is 7.73. The lowest BCUT2D eigenvalue weighted by Crippen LogP contribution is -2.27. The average molecular weight is 503 g/mol. The fraction of sp³-hybridized carbons (Fsp3) is 0.556. The quantitative estimate of drug-likeness (QED) is 0.371. The maximum Gasteiger partial charge on any atom is 0.422 e. The summed E-state index contributed by atoms with van der Waals surface area (Å²) in [4.78, 5) is 0. The first kappa shape index (κ1) is 25.8. The molecule has 0 spiro atoms. The van der Waals surface area contributed by atoms with E-state index in [9.17, 15) is 30.7 Å². The fourth-order valence-electron chi connectivity index (χ4n) is 5.69. The molecule has 192 valence electrons. The van der Waals surface area contributed by atoms with Gasteiger partial charge in [0.05, 0.1) is 12.2 Å². The Morgan fingerprint density at radius 1 is 0.714 bits per heavy atom. The highest BCUT2D eigenvalue weighted by molar-refractivity contribution is 5.66. The van der Waals surface area contributed by atoms with E-state index >= 15 is 0 Å². The second-order valence-electron chi connectivity index (χ2n) is 10.2. The number of alkyl halides is 3. The number of rotatable bonds is 5. The zero-order valence-corrected chi connectivity index (χ0v) is 19.5. The summed E-state index contributed by atoms with van der Waals surface area (Å²) in [5.74, 6) is -3.67. The van der Waals surface area contributed by atoms with Crippen LogP contribution in [-0.4, -0.2) is 6.61 Å². The van der Waals surface area contributed by atoms with Gasteiger partial charge in [-0.1, -0.05) is 19.8 Å². The summed E-state index contributed by atoms with van der Waals surface area (Å²) in [5, 5.41) is 0. The van der Waals surface area contributed by atoms with Gasteiger partial charge in [-0.25, -0.2) is 17.6 Å². The van der Waals surface area contributed by atoms with Crippen molar-refractivity contribution in [2.24, 2.45) is 23.7 Å². The monoisotopic (exact) mass is 502 g/mol. The van der Waals surface area contributed by atoms with Gasteiger partial charge in [-0.15, -0.1) is 0 Å². The highest BCUT2D eigenvalue weighted by Gasteiger charge is 2.38. The second-order valence-corrected chi connectivity index (χ2v) is 10.2. The molecule has 0 saturated heterocycles. The van der Waals surface area contributed by atoms with Gasteiger partial charge in [-0.05, 0) is 79.9 Å². The van der Waals surface area contributed by atoms with E-state index in [2.05, 4.69) is 6.92 Å². The van der Waals surface area contributed by atoms with Gasteiger partial charge in [0.25, 0.3) is 0 Å². The summed E-state index contributed by atoms with van der Waals surface area (Å²) in [6, 6.07) is 2.33. The van der Waals surface area contributed by atoms with Gasteiger partial charge in [0.2, 0.25) is 0 Å². The molecule has 2 aromatic rings. The minimum atomic E-state index is -5.27. The lowest BCUT2D eigenvalue weighted by Gasteiger charge is -2.37. The third-order valence-electron chi connectivity index (χ3n) is 7.73. The molecule has 1 nitrogen and oxygen atoms in total. The summed E-state index contributed by atoms with van der Waals surface area (Å²) < 4.78 is 101. The standard InChI is InChI=1S/C27H29F7O/c1-15-2-6-17(7-3-15)18-8-4-16(5-9-18)14-35-20-12-21(28)25(22(29)13-20)19-10-23(30)26(24(31)11-19)27(32,33)34/h10-13,15-18H,2-9,14H2,1H3. The molecule has 8 heteroatoms. The van der Waals surface area contributed by atoms with E-state index in [0.717, 1.165) is 55.6 Å². The van der Waals surface area contributed by atoms with E-state index in [4.69, 9.17) is 4.74 Å². The Morgan fingerprint density at radius 3 is 1.69 bits per heavy atom. The van der Waals surface area contributed by atoms with Crippen molar-refractivity contribution in [1.82, 2.24) is 0 Å². The van der Waals surface area contributed by atoms with E-state index in [1.54, 1.807) is 0 Å². The minimum absolute atomic E-state index is 0.0694. The molecular formula is C27H29F7O. The first-order valence-corrected chi connectivity index (χ1v) is 12.2. The lowest BCUT2D eigenvalue weighted by molar-refractivity contribution is -0.142. The van der Waals surface area contributed by atoms with Gasteiger partial charge in [-0.3, -0.25) is 0 Å². The van der Waals surface area contributed by atoms with E-state index < -0.39 is 46.1 Å². The van der Waals surface area contributed by atoms with Crippen molar-refractivity contribution in [3.8, 4) is 16.9 Å². The summed E-state index contributed by atoms with van der Waals surface area (Å²) in [6.07, 6.45) is 4.15. The smallest absolute Gasteiger partial charge is 0.422 e. The third kappa shape index (κ3) is 5.95. The normalized spacial score (nSPS) is 25.5. The second kappa shape index (κ2) is 10.4. The Bertz CT molecular complexity index is 986. The maximum atomic E-state index is 14.7. The summed E-state index contributed by atoms with van der Waals surface area (Å²) in [6.45, 7) is 2.61. The topological polar surface area (TPSA) is 9.23 Å². The van der Waals surface area contributed by atoms with Crippen molar-refractivity contribution in [2.45, 2.75) is 64.5 Å². The molecule has 2 aliphatic carbocycles. The van der Waals surface area contributed by atoms with Crippen LogP contribution >= 0.6 is 0 Å². The van der Waals surface area contributed by atoms with Crippen molar-refractivity contribution in [2.75, 3.05) is 6.61 Å². The summed E-state index contributed by atoms with van der Waals surface area (Å²) in [7, 11) is 0. The molecule has 2 saturated carbocycles. The largest absolute Gasteiger partial charge is 0.493 e. The summed E-state index contributed by atoms with van der Waals surface area (Å²) >= 11 is 0. The summed E-state index contributed by atoms with van der Waals surface area (Å²) in [5.41, 5.74) is -3.58. The first-order valence-electron chi connectivity index (χ1n) is 12.2. The molecule has 0 amide bonds. The fourth-order valence-corrected chi connectivity index (χ4v) is 5.69. The van der Waals surface area contributed by atoms with Gasteiger partial charge in [-0.2, -0.15) is 13.2 Å². The van der Waals surface area contributed by atoms with Crippen LogP contribution in [0, 0.1) is 46.9 Å². The van der Waals surface area contributed by atoms with Crippen molar-refractivity contribution in [3.05, 3.63) is 53.1 Å². The van der Waals surface area contributed by atoms with Gasteiger partial charge in [0.1, 0.15) is 34.6 Å². The number of halogens is 7. The molecule has 0 unspecified atom stereocenters. The van der Waals surface area contributed by atoms with Gasteiger partial charge >= 0.3 is 6.18 Å². The van der Waals surface area contributed by atoms with Crippen molar-refractivity contribution in [1.29, 1.82) is 0 Å². The number of benzene rings is 2. The van der Waals surface area contributed by atoms with Crippen LogP contribution in [0.25, 0.3) is 11.1 Å². The van der Waals surface area contributed by atoms with E-state index in [0.29, 0.717) is 6.61 Å². The molecule has 35 heavy (non-hydrogen) atoms. The minimum Gasteiger partial charge on any atom is -0.493 e. The Morgan fingerprint density at radius 2 is 1.20 bits per heavy atom. The van der Waals surface area contributed by atoms with Gasteiger partial charge < -0.3 is 4.74 Å². The maximum absolute atomic E-state index is 14.7. The number of hydrogen-bond acceptors (Lipinski definition) is 1. The van der Waals surface area contributed by atoms with Crippen LogP contribution in [0.1, 0.15) is 63.9 Å². The van der Waals surface area contributed by atoms with Crippen LogP contribution in [0.3, 0.4) is 0 Å². The number of ether oxygens (including phenoxy) is 1. The molecule has 2 aromatic carbocycles. The molecule has 0 aromatic heterocycles. The molecule has 0 aliphatic heterocycles. The van der Waals surface area contributed by atoms with Crippen molar-refractivity contribution >= 4 is 0 Å². The molecule has 0 N–H and O–H groups in total. The van der Waals surface area contributed by atoms with Crippen LogP contribution in [0.15, 0.2) is 24.3 Å². The lowest BCUT2D eigenvalue weighted by atomic mass is 9.69.